The third kappa shape index (κ3) is 2.50. The van der Waals surface area contributed by atoms with Crippen LogP contribution in [0.15, 0.2) is 12.1 Å². The van der Waals surface area contributed by atoms with Crippen LogP contribution >= 0.6 is 0 Å². The highest BCUT2D eigenvalue weighted by Gasteiger charge is 2.45. The molecule has 2 rings (SSSR count). The SMILES string of the molecule is CCC1(C(=O)O)CCN(C(=O)c2c(F)ccc(C)c2F)C1. The minimum absolute atomic E-state index is 0.0233. The molecule has 0 saturated carbocycles. The van der Waals surface area contributed by atoms with Crippen molar-refractivity contribution in [3.05, 3.63) is 34.9 Å². The van der Waals surface area contributed by atoms with Crippen molar-refractivity contribution >= 4 is 11.9 Å². The Bertz CT molecular complexity index is 603. The van der Waals surface area contributed by atoms with Crippen LogP contribution in [0.2, 0.25) is 0 Å². The van der Waals surface area contributed by atoms with Crippen LogP contribution in [0.4, 0.5) is 8.78 Å². The lowest BCUT2D eigenvalue weighted by Crippen LogP contribution is -2.37. The number of nitrogens with zero attached hydrogens (tertiary/aromatic N) is 1. The van der Waals surface area contributed by atoms with Gasteiger partial charge in [0.15, 0.2) is 0 Å². The number of aliphatic carboxylic acids is 1. The van der Waals surface area contributed by atoms with E-state index < -0.39 is 34.5 Å². The number of aryl methyl sites for hydroxylation is 1. The first-order valence-corrected chi connectivity index (χ1v) is 6.79. The van der Waals surface area contributed by atoms with Gasteiger partial charge in [-0.1, -0.05) is 13.0 Å². The van der Waals surface area contributed by atoms with Gasteiger partial charge in [-0.15, -0.1) is 0 Å². The monoisotopic (exact) mass is 297 g/mol. The number of benzene rings is 1. The Morgan fingerprint density at radius 2 is 2.05 bits per heavy atom. The molecule has 1 N–H and O–H groups in total. The average molecular weight is 297 g/mol. The Morgan fingerprint density at radius 3 is 2.57 bits per heavy atom. The van der Waals surface area contributed by atoms with Crippen LogP contribution in [0.25, 0.3) is 0 Å². The summed E-state index contributed by atoms with van der Waals surface area (Å²) in [6.07, 6.45) is 0.657. The summed E-state index contributed by atoms with van der Waals surface area (Å²) < 4.78 is 27.8. The summed E-state index contributed by atoms with van der Waals surface area (Å²) in [7, 11) is 0. The third-order valence-corrected chi connectivity index (χ3v) is 4.27. The van der Waals surface area contributed by atoms with E-state index in [0.717, 1.165) is 6.07 Å². The molecular formula is C15H17F2NO3. The van der Waals surface area contributed by atoms with Crippen molar-refractivity contribution in [2.45, 2.75) is 26.7 Å². The van der Waals surface area contributed by atoms with Gasteiger partial charge in [-0.3, -0.25) is 9.59 Å². The van der Waals surface area contributed by atoms with E-state index >= 15 is 0 Å². The number of halogens is 2. The van der Waals surface area contributed by atoms with E-state index in [2.05, 4.69) is 0 Å². The summed E-state index contributed by atoms with van der Waals surface area (Å²) in [6.45, 7) is 3.34. The second-order valence-corrected chi connectivity index (χ2v) is 5.47. The van der Waals surface area contributed by atoms with E-state index in [9.17, 15) is 23.5 Å². The first-order chi connectivity index (χ1) is 9.82. The van der Waals surface area contributed by atoms with Gasteiger partial charge in [-0.2, -0.15) is 0 Å². The number of carboxylic acid groups (broad SMARTS) is 1. The topological polar surface area (TPSA) is 57.6 Å². The van der Waals surface area contributed by atoms with Crippen LogP contribution in [0.1, 0.15) is 35.7 Å². The van der Waals surface area contributed by atoms with Gasteiger partial charge in [0, 0.05) is 13.1 Å². The molecule has 114 valence electrons. The van der Waals surface area contributed by atoms with Gasteiger partial charge in [-0.25, -0.2) is 8.78 Å². The number of rotatable bonds is 3. The average Bonchev–Trinajstić information content (AvgIpc) is 2.89. The van der Waals surface area contributed by atoms with Gasteiger partial charge >= 0.3 is 5.97 Å². The number of hydrogen-bond acceptors (Lipinski definition) is 2. The molecule has 6 heteroatoms. The van der Waals surface area contributed by atoms with E-state index in [1.54, 1.807) is 6.92 Å². The van der Waals surface area contributed by atoms with E-state index in [1.165, 1.54) is 17.9 Å². The summed E-state index contributed by atoms with van der Waals surface area (Å²) in [5.74, 6) is -3.58. The quantitative estimate of drug-likeness (QED) is 0.933. The number of hydrogen-bond donors (Lipinski definition) is 1. The Balaban J connectivity index is 2.31. The Morgan fingerprint density at radius 1 is 1.38 bits per heavy atom. The molecule has 0 radical (unpaired) electrons. The van der Waals surface area contributed by atoms with E-state index in [1.807, 2.05) is 0 Å². The second kappa shape index (κ2) is 5.42. The highest BCUT2D eigenvalue weighted by atomic mass is 19.1. The van der Waals surface area contributed by atoms with Gasteiger partial charge in [0.25, 0.3) is 5.91 Å². The molecule has 21 heavy (non-hydrogen) atoms. The fourth-order valence-corrected chi connectivity index (χ4v) is 2.67. The zero-order valence-electron chi connectivity index (χ0n) is 11.9. The maximum atomic E-state index is 14.0. The summed E-state index contributed by atoms with van der Waals surface area (Å²) >= 11 is 0. The molecule has 4 nitrogen and oxygen atoms in total. The lowest BCUT2D eigenvalue weighted by atomic mass is 9.84. The van der Waals surface area contributed by atoms with Crippen molar-refractivity contribution in [3.8, 4) is 0 Å². The molecule has 1 atom stereocenters. The van der Waals surface area contributed by atoms with Crippen molar-refractivity contribution < 1.29 is 23.5 Å². The lowest BCUT2D eigenvalue weighted by molar-refractivity contribution is -0.148. The maximum absolute atomic E-state index is 14.0. The smallest absolute Gasteiger partial charge is 0.311 e. The molecule has 1 saturated heterocycles. The van der Waals surface area contributed by atoms with Gasteiger partial charge in [0.05, 0.1) is 5.41 Å². The molecule has 0 spiro atoms. The number of carbonyl (C=O) groups is 2. The minimum Gasteiger partial charge on any atom is -0.481 e. The van der Waals surface area contributed by atoms with Crippen molar-refractivity contribution in [1.29, 1.82) is 0 Å². The normalized spacial score (nSPS) is 21.6. The Kier molecular flexibility index (Phi) is 3.98. The highest BCUT2D eigenvalue weighted by molar-refractivity contribution is 5.95. The van der Waals surface area contributed by atoms with E-state index in [0.29, 0.717) is 12.8 Å². The number of carbonyl (C=O) groups excluding carboxylic acids is 1. The Hall–Kier alpha value is -1.98. The molecule has 0 aliphatic carbocycles. The van der Waals surface area contributed by atoms with Crippen molar-refractivity contribution in [3.63, 3.8) is 0 Å². The zero-order chi connectivity index (χ0) is 15.8. The zero-order valence-corrected chi connectivity index (χ0v) is 11.9. The first kappa shape index (κ1) is 15.4. The number of amides is 1. The molecule has 1 aliphatic rings. The number of likely N-dealkylation sites (tertiary alicyclic amines) is 1. The van der Waals surface area contributed by atoms with Crippen LogP contribution in [-0.4, -0.2) is 35.0 Å². The highest BCUT2D eigenvalue weighted by Crippen LogP contribution is 2.35. The molecular weight excluding hydrogens is 280 g/mol. The lowest BCUT2D eigenvalue weighted by Gasteiger charge is -2.23. The van der Waals surface area contributed by atoms with Gasteiger partial charge in [0.2, 0.25) is 0 Å². The standard InChI is InChI=1S/C15H17F2NO3/c1-3-15(14(20)21)6-7-18(8-15)13(19)11-10(16)5-4-9(2)12(11)17/h4-5H,3,6-8H2,1-2H3,(H,20,21). The largest absolute Gasteiger partial charge is 0.481 e. The van der Waals surface area contributed by atoms with Crippen LogP contribution in [0, 0.1) is 24.0 Å². The number of carboxylic acids is 1. The molecule has 1 aliphatic heterocycles. The third-order valence-electron chi connectivity index (χ3n) is 4.27. The van der Waals surface area contributed by atoms with Crippen LogP contribution in [0.5, 0.6) is 0 Å². The molecule has 1 heterocycles. The molecule has 0 aromatic heterocycles. The van der Waals surface area contributed by atoms with Crippen molar-refractivity contribution in [1.82, 2.24) is 4.90 Å². The summed E-state index contributed by atoms with van der Waals surface area (Å²) in [6, 6.07) is 2.31. The predicted molar refractivity (Wildman–Crippen MR) is 72.0 cm³/mol. The summed E-state index contributed by atoms with van der Waals surface area (Å²) in [4.78, 5) is 24.9. The molecule has 1 aromatic carbocycles. The molecule has 0 bridgehead atoms. The van der Waals surface area contributed by atoms with Gasteiger partial charge in [0.1, 0.15) is 17.2 Å². The second-order valence-electron chi connectivity index (χ2n) is 5.47. The van der Waals surface area contributed by atoms with Gasteiger partial charge in [-0.05, 0) is 31.4 Å². The predicted octanol–water partition coefficient (Wildman–Crippen LogP) is 2.60. The minimum atomic E-state index is -1.02. The summed E-state index contributed by atoms with van der Waals surface area (Å²) in [5, 5.41) is 9.30. The fraction of sp³-hybridized carbons (Fsp3) is 0.467. The van der Waals surface area contributed by atoms with Crippen molar-refractivity contribution in [2.75, 3.05) is 13.1 Å². The maximum Gasteiger partial charge on any atom is 0.311 e. The summed E-state index contributed by atoms with van der Waals surface area (Å²) in [5.41, 5.74) is -1.45. The van der Waals surface area contributed by atoms with Crippen LogP contribution < -0.4 is 0 Å². The first-order valence-electron chi connectivity index (χ1n) is 6.79. The van der Waals surface area contributed by atoms with Crippen LogP contribution in [-0.2, 0) is 4.79 Å². The molecule has 1 fully saturated rings. The Labute approximate surface area is 121 Å². The molecule has 1 amide bonds. The van der Waals surface area contributed by atoms with E-state index in [-0.39, 0.29) is 18.7 Å². The van der Waals surface area contributed by atoms with Crippen molar-refractivity contribution in [2.24, 2.45) is 5.41 Å². The fourth-order valence-electron chi connectivity index (χ4n) is 2.67. The van der Waals surface area contributed by atoms with Gasteiger partial charge < -0.3 is 10.0 Å². The van der Waals surface area contributed by atoms with Crippen LogP contribution in [0.3, 0.4) is 0 Å². The molecule has 1 unspecified atom stereocenters. The molecule has 1 aromatic rings. The van der Waals surface area contributed by atoms with E-state index in [4.69, 9.17) is 0 Å².